The molecule has 3 aromatic rings. The molecule has 2 heterocycles. The van der Waals surface area contributed by atoms with Gasteiger partial charge in [-0.15, -0.1) is 22.7 Å². The fourth-order valence-electron chi connectivity index (χ4n) is 1.97. The van der Waals surface area contributed by atoms with E-state index in [1.165, 1.54) is 28.3 Å². The monoisotopic (exact) mass is 326 g/mol. The lowest BCUT2D eigenvalue weighted by Gasteiger charge is -1.96. The fourth-order valence-corrected chi connectivity index (χ4v) is 3.58. The van der Waals surface area contributed by atoms with E-state index in [4.69, 9.17) is 0 Å². The van der Waals surface area contributed by atoms with Crippen LogP contribution in [0.25, 0.3) is 22.9 Å². The van der Waals surface area contributed by atoms with Gasteiger partial charge in [0.15, 0.2) is 0 Å². The third kappa shape index (κ3) is 3.14. The molecule has 0 bridgehead atoms. The Morgan fingerprint density at radius 3 is 2.64 bits per heavy atom. The average molecular weight is 326 g/mol. The maximum Gasteiger partial charge on any atom is 0.134 e. The minimum Gasteiger partial charge on any atom is -0.235 e. The van der Waals surface area contributed by atoms with Gasteiger partial charge in [-0.2, -0.15) is 5.26 Å². The van der Waals surface area contributed by atoms with Crippen molar-refractivity contribution in [2.75, 3.05) is 0 Å². The first-order valence-electron chi connectivity index (χ1n) is 6.56. The van der Waals surface area contributed by atoms with Gasteiger partial charge < -0.3 is 0 Å². The number of hydrogen-bond donors (Lipinski definition) is 0. The van der Waals surface area contributed by atoms with E-state index >= 15 is 0 Å². The van der Waals surface area contributed by atoms with Gasteiger partial charge in [0.05, 0.1) is 11.3 Å². The van der Waals surface area contributed by atoms with Crippen molar-refractivity contribution >= 4 is 34.3 Å². The number of benzene rings is 1. The predicted molar refractivity (Wildman–Crippen MR) is 90.0 cm³/mol. The Morgan fingerprint density at radius 1 is 1.23 bits per heavy atom. The van der Waals surface area contributed by atoms with Crippen LogP contribution in [0.2, 0.25) is 0 Å². The Morgan fingerprint density at radius 2 is 2.00 bits per heavy atom. The van der Waals surface area contributed by atoms with E-state index in [9.17, 15) is 9.65 Å². The summed E-state index contributed by atoms with van der Waals surface area (Å²) in [5, 5.41) is 11.9. The number of hydrogen-bond acceptors (Lipinski definition) is 4. The zero-order valence-corrected chi connectivity index (χ0v) is 13.3. The van der Waals surface area contributed by atoms with E-state index in [1.807, 2.05) is 30.5 Å². The third-order valence-electron chi connectivity index (χ3n) is 3.04. The number of thiophene rings is 1. The number of thiazole rings is 1. The molecule has 0 N–H and O–H groups in total. The number of halogens is 1. The van der Waals surface area contributed by atoms with Crippen molar-refractivity contribution in [2.24, 2.45) is 0 Å². The molecule has 0 aliphatic carbocycles. The van der Waals surface area contributed by atoms with Gasteiger partial charge in [-0.1, -0.05) is 0 Å². The van der Waals surface area contributed by atoms with Crippen LogP contribution in [0.4, 0.5) is 4.39 Å². The zero-order valence-electron chi connectivity index (χ0n) is 11.7. The minimum absolute atomic E-state index is 0.273. The lowest BCUT2D eigenvalue weighted by molar-refractivity contribution is 0.628. The highest BCUT2D eigenvalue weighted by Gasteiger charge is 2.09. The van der Waals surface area contributed by atoms with Gasteiger partial charge in [0.1, 0.15) is 16.9 Å². The highest BCUT2D eigenvalue weighted by atomic mass is 32.1. The summed E-state index contributed by atoms with van der Waals surface area (Å²) in [6.45, 7) is 2.03. The molecule has 0 aliphatic rings. The van der Waals surface area contributed by atoms with Crippen LogP contribution in [-0.4, -0.2) is 4.98 Å². The van der Waals surface area contributed by atoms with Crippen LogP contribution in [0, 0.1) is 24.1 Å². The molecule has 0 aliphatic heterocycles. The van der Waals surface area contributed by atoms with Crippen molar-refractivity contribution in [1.82, 2.24) is 4.98 Å². The lowest BCUT2D eigenvalue weighted by atomic mass is 10.2. The number of aromatic nitrogens is 1. The van der Waals surface area contributed by atoms with Gasteiger partial charge >= 0.3 is 0 Å². The molecule has 0 saturated heterocycles. The van der Waals surface area contributed by atoms with Crippen LogP contribution in [-0.2, 0) is 0 Å². The molecule has 0 fully saturated rings. The molecule has 5 heteroatoms. The molecule has 0 radical (unpaired) electrons. The first-order valence-corrected chi connectivity index (χ1v) is 8.25. The van der Waals surface area contributed by atoms with Gasteiger partial charge in [0.2, 0.25) is 0 Å². The standard InChI is InChI=1S/C17H11FN2S2/c1-11-2-7-15(22-11)8-13(9-19)17-20-16(10-21-17)12-3-5-14(18)6-4-12/h2-8,10H,1H3. The van der Waals surface area contributed by atoms with Crippen molar-refractivity contribution in [3.63, 3.8) is 0 Å². The normalized spacial score (nSPS) is 11.4. The molecule has 108 valence electrons. The summed E-state index contributed by atoms with van der Waals surface area (Å²) in [6.07, 6.45) is 1.85. The molecular formula is C17H11FN2S2. The molecule has 0 atom stereocenters. The molecule has 3 rings (SSSR count). The summed E-state index contributed by atoms with van der Waals surface area (Å²) in [5.74, 6) is -0.273. The molecule has 0 amide bonds. The van der Waals surface area contributed by atoms with E-state index < -0.39 is 0 Å². The topological polar surface area (TPSA) is 36.7 Å². The first kappa shape index (κ1) is 14.6. The van der Waals surface area contributed by atoms with E-state index in [0.29, 0.717) is 10.6 Å². The van der Waals surface area contributed by atoms with Gasteiger partial charge in [0.25, 0.3) is 0 Å². The zero-order chi connectivity index (χ0) is 15.5. The van der Waals surface area contributed by atoms with Gasteiger partial charge in [-0.3, -0.25) is 0 Å². The summed E-state index contributed by atoms with van der Waals surface area (Å²) < 4.78 is 13.0. The number of rotatable bonds is 3. The number of nitriles is 1. The van der Waals surface area contributed by atoms with Gasteiger partial charge in [-0.05, 0) is 49.4 Å². The Labute approximate surface area is 135 Å². The molecule has 22 heavy (non-hydrogen) atoms. The minimum atomic E-state index is -0.273. The smallest absolute Gasteiger partial charge is 0.134 e. The van der Waals surface area contributed by atoms with Crippen molar-refractivity contribution < 1.29 is 4.39 Å². The Hall–Kier alpha value is -2.29. The summed E-state index contributed by atoms with van der Waals surface area (Å²) in [6, 6.07) is 12.4. The molecule has 0 spiro atoms. The average Bonchev–Trinajstić information content (AvgIpc) is 3.15. The SMILES string of the molecule is Cc1ccc(C=C(C#N)c2nc(-c3ccc(F)cc3)cs2)s1. The second kappa shape index (κ2) is 6.22. The summed E-state index contributed by atoms with van der Waals surface area (Å²) in [7, 11) is 0. The lowest BCUT2D eigenvalue weighted by Crippen LogP contribution is -1.82. The number of allylic oxidation sites excluding steroid dienone is 1. The number of aryl methyl sites for hydroxylation is 1. The van der Waals surface area contributed by atoms with Crippen molar-refractivity contribution in [1.29, 1.82) is 5.26 Å². The Kier molecular flexibility index (Phi) is 4.14. The number of nitrogens with zero attached hydrogens (tertiary/aromatic N) is 2. The molecule has 0 unspecified atom stereocenters. The van der Waals surface area contributed by atoms with Crippen LogP contribution >= 0.6 is 22.7 Å². The van der Waals surface area contributed by atoms with Crippen LogP contribution < -0.4 is 0 Å². The maximum absolute atomic E-state index is 13.0. The van der Waals surface area contributed by atoms with Gasteiger partial charge in [0, 0.05) is 20.7 Å². The summed E-state index contributed by atoms with van der Waals surface area (Å²) in [4.78, 5) is 6.73. The van der Waals surface area contributed by atoms with Crippen LogP contribution in [0.5, 0.6) is 0 Å². The first-order chi connectivity index (χ1) is 10.7. The van der Waals surface area contributed by atoms with E-state index in [1.54, 1.807) is 23.5 Å². The highest BCUT2D eigenvalue weighted by Crippen LogP contribution is 2.28. The maximum atomic E-state index is 13.0. The van der Waals surface area contributed by atoms with Crippen molar-refractivity contribution in [2.45, 2.75) is 6.92 Å². The molecule has 0 saturated carbocycles. The molecular weight excluding hydrogens is 315 g/mol. The second-order valence-electron chi connectivity index (χ2n) is 4.66. The van der Waals surface area contributed by atoms with Crippen LogP contribution in [0.1, 0.15) is 14.8 Å². The highest BCUT2D eigenvalue weighted by molar-refractivity contribution is 7.13. The second-order valence-corrected chi connectivity index (χ2v) is 6.84. The molecule has 1 aromatic carbocycles. The van der Waals surface area contributed by atoms with Crippen LogP contribution in [0.3, 0.4) is 0 Å². The van der Waals surface area contributed by atoms with Crippen molar-refractivity contribution in [3.8, 4) is 17.3 Å². The Bertz CT molecular complexity index is 867. The van der Waals surface area contributed by atoms with Crippen molar-refractivity contribution in [3.05, 3.63) is 62.4 Å². The predicted octanol–water partition coefficient (Wildman–Crippen LogP) is 5.38. The summed E-state index contributed by atoms with van der Waals surface area (Å²) >= 11 is 3.05. The van der Waals surface area contributed by atoms with Crippen LogP contribution in [0.15, 0.2) is 41.8 Å². The summed E-state index contributed by atoms with van der Waals surface area (Å²) in [5.41, 5.74) is 2.14. The van der Waals surface area contributed by atoms with E-state index in [2.05, 4.69) is 11.1 Å². The largest absolute Gasteiger partial charge is 0.235 e. The van der Waals surface area contributed by atoms with Gasteiger partial charge in [-0.25, -0.2) is 9.37 Å². The van der Waals surface area contributed by atoms with E-state index in [-0.39, 0.29) is 5.82 Å². The van der Waals surface area contributed by atoms with E-state index in [0.717, 1.165) is 16.1 Å². The Balaban J connectivity index is 1.93. The third-order valence-corrected chi connectivity index (χ3v) is 4.87. The quantitative estimate of drug-likeness (QED) is 0.606. The fraction of sp³-hybridized carbons (Fsp3) is 0.0588. The molecule has 2 aromatic heterocycles. The molecule has 2 nitrogen and oxygen atoms in total.